The van der Waals surface area contributed by atoms with Crippen molar-refractivity contribution in [3.8, 4) is 5.75 Å². The molecule has 37 heavy (non-hydrogen) atoms. The molecule has 0 heterocycles. The zero-order valence-corrected chi connectivity index (χ0v) is 25.5. The van der Waals surface area contributed by atoms with Gasteiger partial charge in [-0.1, -0.05) is 48.5 Å². The molecule has 0 saturated heterocycles. The third kappa shape index (κ3) is 6.24. The van der Waals surface area contributed by atoms with Crippen molar-refractivity contribution in [1.82, 2.24) is 0 Å². The Balaban J connectivity index is 0.00000241. The van der Waals surface area contributed by atoms with Crippen LogP contribution < -0.4 is 59.1 Å². The van der Waals surface area contributed by atoms with Gasteiger partial charge in [-0.15, -0.1) is 10.2 Å². The second-order valence-electron chi connectivity index (χ2n) is 7.11. The Morgan fingerprint density at radius 3 is 1.62 bits per heavy atom. The van der Waals surface area contributed by atoms with Crippen LogP contribution in [0.15, 0.2) is 85.6 Å². The minimum atomic E-state index is -5.69. The standard InChI is InChI=1S/C20H14N2O10S3.2Na/c23-18-13-7-3-4-8-14(13)19(34(27,28)29)20(35(30,31)32)17(18)22-21-15-9-10-16(33(24,25)26)12-6-2-1-5-11(12)15;;/h1-10,23H,(H,24,25,26)(H,27,28,29)(H,30,31,32);;/q;2*+1/p-2. The van der Waals surface area contributed by atoms with Gasteiger partial charge in [-0.3, -0.25) is 4.55 Å². The Hall–Kier alpha value is -1.47. The van der Waals surface area contributed by atoms with E-state index in [4.69, 9.17) is 0 Å². The SMILES string of the molecule is O=S(=O)([O-])c1c(N=Nc2ccc(S(=O)(=O)O)c3ccccc23)c(O)c2ccccc2c1S(=O)(=O)[O-].[Na+].[Na+]. The summed E-state index contributed by atoms with van der Waals surface area (Å²) in [5, 5.41) is 17.4. The van der Waals surface area contributed by atoms with E-state index in [0.717, 1.165) is 18.2 Å². The first-order valence-corrected chi connectivity index (χ1v) is 13.6. The molecule has 0 aromatic heterocycles. The van der Waals surface area contributed by atoms with Crippen molar-refractivity contribution < 1.29 is 103 Å². The quantitative estimate of drug-likeness (QED) is 0.140. The van der Waals surface area contributed by atoms with E-state index < -0.39 is 61.9 Å². The van der Waals surface area contributed by atoms with Gasteiger partial charge >= 0.3 is 59.1 Å². The van der Waals surface area contributed by atoms with Crippen LogP contribution in [0.5, 0.6) is 5.75 Å². The van der Waals surface area contributed by atoms with E-state index in [1.54, 1.807) is 0 Å². The summed E-state index contributed by atoms with van der Waals surface area (Å²) in [4.78, 5) is -3.42. The zero-order valence-electron chi connectivity index (χ0n) is 19.1. The molecule has 0 bridgehead atoms. The van der Waals surface area contributed by atoms with Crippen LogP contribution in [0.25, 0.3) is 21.5 Å². The van der Waals surface area contributed by atoms with Gasteiger partial charge in [0.1, 0.15) is 35.7 Å². The molecule has 0 aliphatic rings. The van der Waals surface area contributed by atoms with Crippen LogP contribution in [0.4, 0.5) is 11.4 Å². The molecule has 2 N–H and O–H groups in total. The summed E-state index contributed by atoms with van der Waals surface area (Å²) >= 11 is 0. The predicted molar refractivity (Wildman–Crippen MR) is 119 cm³/mol. The molecule has 0 spiro atoms. The Labute approximate surface area is 255 Å². The van der Waals surface area contributed by atoms with Crippen LogP contribution in [0.2, 0.25) is 0 Å². The number of nitrogens with zero attached hydrogens (tertiary/aromatic N) is 2. The summed E-state index contributed by atoms with van der Waals surface area (Å²) in [7, 11) is -15.9. The molecule has 0 aliphatic carbocycles. The smallest absolute Gasteiger partial charge is 0.744 e. The van der Waals surface area contributed by atoms with E-state index in [1.165, 1.54) is 42.5 Å². The van der Waals surface area contributed by atoms with Gasteiger partial charge in [0.2, 0.25) is 0 Å². The monoisotopic (exact) mass is 582 g/mol. The largest absolute Gasteiger partial charge is 1.00 e. The molecule has 0 radical (unpaired) electrons. The van der Waals surface area contributed by atoms with E-state index in [0.29, 0.717) is 0 Å². The fourth-order valence-electron chi connectivity index (χ4n) is 3.60. The summed E-state index contributed by atoms with van der Waals surface area (Å²) in [6.07, 6.45) is 0. The van der Waals surface area contributed by atoms with Crippen molar-refractivity contribution in [1.29, 1.82) is 0 Å². The average molecular weight is 583 g/mol. The van der Waals surface area contributed by atoms with Gasteiger partial charge < -0.3 is 14.2 Å². The van der Waals surface area contributed by atoms with Crippen molar-refractivity contribution in [3.05, 3.63) is 60.7 Å². The van der Waals surface area contributed by atoms with E-state index in [9.17, 15) is 44.0 Å². The van der Waals surface area contributed by atoms with E-state index in [2.05, 4.69) is 10.2 Å². The van der Waals surface area contributed by atoms with Crippen LogP contribution in [-0.4, -0.2) is 44.0 Å². The Morgan fingerprint density at radius 1 is 0.622 bits per heavy atom. The first-order chi connectivity index (χ1) is 16.2. The Bertz CT molecular complexity index is 1890. The third-order valence-corrected chi connectivity index (χ3v) is 7.83. The molecule has 0 unspecified atom stereocenters. The Morgan fingerprint density at radius 2 is 1.11 bits per heavy atom. The van der Waals surface area contributed by atoms with Gasteiger partial charge in [-0.25, -0.2) is 16.8 Å². The topological polar surface area (TPSA) is 214 Å². The van der Waals surface area contributed by atoms with Crippen LogP contribution in [0.3, 0.4) is 0 Å². The van der Waals surface area contributed by atoms with Crippen molar-refractivity contribution >= 4 is 63.3 Å². The molecule has 0 amide bonds. The maximum Gasteiger partial charge on any atom is 1.00 e. The van der Waals surface area contributed by atoms with Crippen molar-refractivity contribution in [2.45, 2.75) is 14.7 Å². The second kappa shape index (κ2) is 11.3. The predicted octanol–water partition coefficient (Wildman–Crippen LogP) is -2.82. The molecule has 0 aliphatic heterocycles. The minimum absolute atomic E-state index is 0. The number of azo groups is 1. The van der Waals surface area contributed by atoms with Crippen LogP contribution >= 0.6 is 0 Å². The normalized spacial score (nSPS) is 12.4. The molecule has 0 saturated carbocycles. The number of benzene rings is 4. The number of hydrogen-bond acceptors (Lipinski definition) is 11. The second-order valence-corrected chi connectivity index (χ2v) is 11.1. The number of fused-ring (bicyclic) bond motifs is 2. The molecular formula is C20H12N2Na2O10S3. The van der Waals surface area contributed by atoms with Crippen molar-refractivity contribution in [3.63, 3.8) is 0 Å². The average Bonchev–Trinajstić information content (AvgIpc) is 2.75. The van der Waals surface area contributed by atoms with Gasteiger partial charge in [-0.05, 0) is 12.1 Å². The van der Waals surface area contributed by atoms with Crippen molar-refractivity contribution in [2.24, 2.45) is 10.2 Å². The molecule has 182 valence electrons. The molecular weight excluding hydrogens is 570 g/mol. The van der Waals surface area contributed by atoms with Crippen LogP contribution in [0.1, 0.15) is 0 Å². The molecule has 17 heteroatoms. The summed E-state index contributed by atoms with van der Waals surface area (Å²) < 4.78 is 105. The zero-order chi connectivity index (χ0) is 25.8. The minimum Gasteiger partial charge on any atom is -0.744 e. The van der Waals surface area contributed by atoms with E-state index in [1.807, 2.05) is 0 Å². The van der Waals surface area contributed by atoms with Crippen molar-refractivity contribution in [2.75, 3.05) is 0 Å². The van der Waals surface area contributed by atoms with E-state index >= 15 is 0 Å². The fourth-order valence-corrected chi connectivity index (χ4v) is 6.39. The number of phenols is 1. The third-order valence-electron chi connectivity index (χ3n) is 4.97. The molecule has 4 aromatic rings. The maximum absolute atomic E-state index is 12.0. The van der Waals surface area contributed by atoms with Gasteiger partial charge in [-0.2, -0.15) is 8.42 Å². The molecule has 0 atom stereocenters. The van der Waals surface area contributed by atoms with Gasteiger partial charge in [0.25, 0.3) is 10.1 Å². The number of rotatable bonds is 5. The first kappa shape index (κ1) is 31.7. The summed E-state index contributed by atoms with van der Waals surface area (Å²) in [5.74, 6) is -0.926. The summed E-state index contributed by atoms with van der Waals surface area (Å²) in [6, 6.07) is 12.7. The van der Waals surface area contributed by atoms with Crippen LogP contribution in [-0.2, 0) is 30.4 Å². The number of hydrogen-bond donors (Lipinski definition) is 2. The summed E-state index contributed by atoms with van der Waals surface area (Å²) in [5.41, 5.74) is -1.18. The van der Waals surface area contributed by atoms with Crippen LogP contribution in [0, 0.1) is 0 Å². The number of aromatic hydroxyl groups is 1. The summed E-state index contributed by atoms with van der Waals surface area (Å²) in [6.45, 7) is 0. The van der Waals surface area contributed by atoms with Gasteiger partial charge in [0, 0.05) is 21.5 Å². The maximum atomic E-state index is 12.0. The fraction of sp³-hybridized carbons (Fsp3) is 0. The number of phenolic OH excluding ortho intramolecular Hbond substituents is 1. The molecule has 12 nitrogen and oxygen atoms in total. The van der Waals surface area contributed by atoms with Gasteiger partial charge in [0.05, 0.1) is 10.6 Å². The molecule has 4 rings (SSSR count). The van der Waals surface area contributed by atoms with Gasteiger partial charge in [0.15, 0.2) is 5.75 Å². The first-order valence-electron chi connectivity index (χ1n) is 9.31. The molecule has 4 aromatic carbocycles. The van der Waals surface area contributed by atoms with E-state index in [-0.39, 0.29) is 81.0 Å². The molecule has 0 fully saturated rings. The Kier molecular flexibility index (Phi) is 9.72.